The highest BCUT2D eigenvalue weighted by molar-refractivity contribution is 7.26. The van der Waals surface area contributed by atoms with Crippen LogP contribution in [0.4, 0.5) is 51.2 Å². The molecule has 0 spiro atoms. The Labute approximate surface area is 394 Å². The minimum absolute atomic E-state index is 1.06. The first kappa shape index (κ1) is 38.7. The normalized spacial score (nSPS) is 11.6. The number of hydrogen-bond acceptors (Lipinski definition) is 6. The summed E-state index contributed by atoms with van der Waals surface area (Å²) in [6, 6.07) is 86.5. The lowest BCUT2D eigenvalue weighted by Crippen LogP contribution is -2.14. The fraction of sp³-hybridized carbons (Fsp3) is 0. The van der Waals surface area contributed by atoms with Crippen molar-refractivity contribution < 1.29 is 0 Å². The predicted octanol–water partition coefficient (Wildman–Crippen LogP) is 19.2. The first-order valence-corrected chi connectivity index (χ1v) is 24.6. The Kier molecular flexibility index (Phi) is 9.41. The summed E-state index contributed by atoms with van der Waals surface area (Å²) in [6.45, 7) is 0. The number of para-hydroxylation sites is 2. The fourth-order valence-corrected chi connectivity index (χ4v) is 13.0. The van der Waals surface area contributed by atoms with E-state index in [1.165, 1.54) is 60.5 Å². The number of thiophene rings is 3. The molecule has 0 unspecified atom stereocenters. The fourth-order valence-electron chi connectivity index (χ4n) is 9.67. The minimum atomic E-state index is 1.06. The molecule has 13 rings (SSSR count). The summed E-state index contributed by atoms with van der Waals surface area (Å²) in [6.07, 6.45) is 0. The van der Waals surface area contributed by atoms with Crippen LogP contribution in [0.1, 0.15) is 0 Å². The number of anilines is 9. The SMILES string of the molecule is c1ccc(N(c2cccc(N(c3cccc(N(c4ccccc4)c4cccc5sc6ccccc6c45)c3)c3ccc4sc5ccccc5c4c3)c2)c2ccc3c(c2)sc2ccccc23)cc1. The second kappa shape index (κ2) is 16.1. The van der Waals surface area contributed by atoms with Crippen molar-refractivity contribution in [2.75, 3.05) is 14.7 Å². The average Bonchev–Trinajstić information content (AvgIpc) is 4.07. The molecule has 0 bridgehead atoms. The van der Waals surface area contributed by atoms with Gasteiger partial charge in [0.2, 0.25) is 0 Å². The molecule has 312 valence electrons. The molecule has 3 aromatic heterocycles. The molecule has 66 heavy (non-hydrogen) atoms. The van der Waals surface area contributed by atoms with Gasteiger partial charge >= 0.3 is 0 Å². The molecule has 0 saturated carbocycles. The Morgan fingerprint density at radius 1 is 0.212 bits per heavy atom. The Morgan fingerprint density at radius 2 is 0.606 bits per heavy atom. The van der Waals surface area contributed by atoms with Crippen LogP contribution in [0.5, 0.6) is 0 Å². The van der Waals surface area contributed by atoms with E-state index >= 15 is 0 Å². The number of hydrogen-bond donors (Lipinski definition) is 0. The predicted molar refractivity (Wildman–Crippen MR) is 289 cm³/mol. The van der Waals surface area contributed by atoms with Crippen LogP contribution in [0.25, 0.3) is 60.5 Å². The molecule has 6 heteroatoms. The number of benzene rings is 10. The third kappa shape index (κ3) is 6.61. The van der Waals surface area contributed by atoms with E-state index < -0.39 is 0 Å². The molecule has 0 saturated heterocycles. The summed E-state index contributed by atoms with van der Waals surface area (Å²) < 4.78 is 7.71. The molecule has 3 nitrogen and oxygen atoms in total. The largest absolute Gasteiger partial charge is 0.310 e. The molecule has 0 radical (unpaired) electrons. The highest BCUT2D eigenvalue weighted by atomic mass is 32.1. The molecule has 0 fully saturated rings. The van der Waals surface area contributed by atoms with Gasteiger partial charge in [0, 0.05) is 106 Å². The van der Waals surface area contributed by atoms with Crippen LogP contribution in [-0.2, 0) is 0 Å². The van der Waals surface area contributed by atoms with Gasteiger partial charge in [-0.15, -0.1) is 34.0 Å². The van der Waals surface area contributed by atoms with Crippen molar-refractivity contribution in [2.45, 2.75) is 0 Å². The van der Waals surface area contributed by atoms with Crippen LogP contribution >= 0.6 is 34.0 Å². The quantitative estimate of drug-likeness (QED) is 0.143. The Hall–Kier alpha value is -7.74. The maximum Gasteiger partial charge on any atom is 0.0554 e. The standard InChI is InChI=1S/C60H39N3S3/c1-3-16-40(17-4-1)61(47-32-34-50-48-24-7-10-28-54(48)66-59(50)39-47)42-20-13-21-43(36-42)62(46-33-35-57-52(38-46)49-25-8-11-29-55(49)64-57)44-22-14-23-45(37-44)63(41-18-5-2-6-19-41)53-27-15-31-58-60(53)51-26-9-12-30-56(51)65-58/h1-39H. The van der Waals surface area contributed by atoms with Crippen molar-refractivity contribution in [1.82, 2.24) is 0 Å². The summed E-state index contributed by atoms with van der Waals surface area (Å²) in [7, 11) is 0. The molecule has 0 aliphatic rings. The monoisotopic (exact) mass is 897 g/mol. The second-order valence-corrected chi connectivity index (χ2v) is 19.8. The van der Waals surface area contributed by atoms with Crippen LogP contribution in [0, 0.1) is 0 Å². The van der Waals surface area contributed by atoms with E-state index in [-0.39, 0.29) is 0 Å². The highest BCUT2D eigenvalue weighted by Crippen LogP contribution is 2.48. The lowest BCUT2D eigenvalue weighted by atomic mass is 10.1. The highest BCUT2D eigenvalue weighted by Gasteiger charge is 2.23. The van der Waals surface area contributed by atoms with Crippen molar-refractivity contribution >= 4 is 146 Å². The Balaban J connectivity index is 1.01. The van der Waals surface area contributed by atoms with Crippen molar-refractivity contribution in [3.63, 3.8) is 0 Å². The van der Waals surface area contributed by atoms with Crippen molar-refractivity contribution in [2.24, 2.45) is 0 Å². The molecular weight excluding hydrogens is 859 g/mol. The molecule has 0 aliphatic carbocycles. The third-order valence-electron chi connectivity index (χ3n) is 12.6. The van der Waals surface area contributed by atoms with E-state index in [2.05, 4.69) is 251 Å². The summed E-state index contributed by atoms with van der Waals surface area (Å²) in [5, 5.41) is 7.67. The van der Waals surface area contributed by atoms with Crippen molar-refractivity contribution in [1.29, 1.82) is 0 Å². The number of nitrogens with zero attached hydrogens (tertiary/aromatic N) is 3. The van der Waals surface area contributed by atoms with Gasteiger partial charge in [-0.25, -0.2) is 0 Å². The number of rotatable bonds is 9. The Bertz CT molecular complexity index is 3930. The molecule has 3 heterocycles. The van der Waals surface area contributed by atoms with Crippen molar-refractivity contribution in [3.8, 4) is 0 Å². The van der Waals surface area contributed by atoms with E-state index in [0.29, 0.717) is 0 Å². The van der Waals surface area contributed by atoms with E-state index in [1.807, 2.05) is 34.0 Å². The van der Waals surface area contributed by atoms with Crippen LogP contribution < -0.4 is 14.7 Å². The number of fused-ring (bicyclic) bond motifs is 9. The zero-order valence-corrected chi connectivity index (χ0v) is 38.0. The molecule has 0 atom stereocenters. The first-order chi connectivity index (χ1) is 32.7. The summed E-state index contributed by atoms with van der Waals surface area (Å²) in [4.78, 5) is 7.25. The average molecular weight is 898 g/mol. The van der Waals surface area contributed by atoms with Crippen molar-refractivity contribution in [3.05, 3.63) is 237 Å². The van der Waals surface area contributed by atoms with E-state index in [9.17, 15) is 0 Å². The van der Waals surface area contributed by atoms with Gasteiger partial charge in [-0.3, -0.25) is 0 Å². The summed E-state index contributed by atoms with van der Waals surface area (Å²) in [5.74, 6) is 0. The van der Waals surface area contributed by atoms with E-state index in [0.717, 1.165) is 51.2 Å². The first-order valence-electron chi connectivity index (χ1n) is 22.2. The zero-order valence-electron chi connectivity index (χ0n) is 35.6. The lowest BCUT2D eigenvalue weighted by molar-refractivity contribution is 1.24. The third-order valence-corrected chi connectivity index (χ3v) is 16.0. The maximum atomic E-state index is 2.43. The van der Waals surface area contributed by atoms with Gasteiger partial charge in [0.1, 0.15) is 0 Å². The smallest absolute Gasteiger partial charge is 0.0554 e. The summed E-state index contributed by atoms with van der Waals surface area (Å²) >= 11 is 5.56. The maximum absolute atomic E-state index is 2.43. The zero-order chi connectivity index (χ0) is 43.6. The molecular formula is C60H39N3S3. The van der Waals surface area contributed by atoms with Gasteiger partial charge in [-0.2, -0.15) is 0 Å². The van der Waals surface area contributed by atoms with Crippen LogP contribution in [0.15, 0.2) is 237 Å². The van der Waals surface area contributed by atoms with Gasteiger partial charge in [0.25, 0.3) is 0 Å². The van der Waals surface area contributed by atoms with E-state index in [1.54, 1.807) is 0 Å². The van der Waals surface area contributed by atoms with Crippen LogP contribution in [0.2, 0.25) is 0 Å². The van der Waals surface area contributed by atoms with Gasteiger partial charge in [-0.1, -0.05) is 115 Å². The molecule has 10 aromatic carbocycles. The Morgan fingerprint density at radius 3 is 1.27 bits per heavy atom. The van der Waals surface area contributed by atoms with Gasteiger partial charge in [0.05, 0.1) is 5.69 Å². The topological polar surface area (TPSA) is 9.72 Å². The lowest BCUT2D eigenvalue weighted by Gasteiger charge is -2.31. The van der Waals surface area contributed by atoms with Crippen LogP contribution in [-0.4, -0.2) is 0 Å². The second-order valence-electron chi connectivity index (χ2n) is 16.5. The molecule has 0 amide bonds. The minimum Gasteiger partial charge on any atom is -0.310 e. The molecule has 13 aromatic rings. The van der Waals surface area contributed by atoms with Gasteiger partial charge < -0.3 is 14.7 Å². The van der Waals surface area contributed by atoms with Gasteiger partial charge in [-0.05, 0) is 121 Å². The molecule has 0 aliphatic heterocycles. The molecule has 0 N–H and O–H groups in total. The van der Waals surface area contributed by atoms with Gasteiger partial charge in [0.15, 0.2) is 0 Å². The van der Waals surface area contributed by atoms with E-state index in [4.69, 9.17) is 0 Å². The summed E-state index contributed by atoms with van der Waals surface area (Å²) in [5.41, 5.74) is 9.84. The van der Waals surface area contributed by atoms with Crippen LogP contribution in [0.3, 0.4) is 0 Å².